The lowest BCUT2D eigenvalue weighted by atomic mass is 9.92. The number of benzene rings is 1. The van der Waals surface area contributed by atoms with Gasteiger partial charge in [-0.25, -0.2) is 4.79 Å². The van der Waals surface area contributed by atoms with Crippen molar-refractivity contribution >= 4 is 29.6 Å². The minimum atomic E-state index is -1.22. The van der Waals surface area contributed by atoms with Crippen LogP contribution in [-0.4, -0.2) is 139 Å². The third-order valence-corrected chi connectivity index (χ3v) is 10.5. The van der Waals surface area contributed by atoms with E-state index in [-0.39, 0.29) is 48.1 Å². The van der Waals surface area contributed by atoms with Crippen LogP contribution in [0.2, 0.25) is 0 Å². The van der Waals surface area contributed by atoms with E-state index >= 15 is 0 Å². The Kier molecular flexibility index (Phi) is 18.1. The van der Waals surface area contributed by atoms with Crippen molar-refractivity contribution in [3.8, 4) is 5.75 Å². The molecule has 1 fully saturated rings. The molecule has 0 unspecified atom stereocenters. The largest absolute Gasteiger partial charge is 0.508 e. The van der Waals surface area contributed by atoms with Crippen molar-refractivity contribution in [3.05, 3.63) is 42.0 Å². The summed E-state index contributed by atoms with van der Waals surface area (Å²) in [5.74, 6) is -3.53. The van der Waals surface area contributed by atoms with Gasteiger partial charge in [-0.15, -0.1) is 0 Å². The first-order valence-electron chi connectivity index (χ1n) is 18.9. The number of carbonyl (C=O) groups is 5. The summed E-state index contributed by atoms with van der Waals surface area (Å²) in [7, 11) is 8.25. The van der Waals surface area contributed by atoms with Gasteiger partial charge < -0.3 is 40.1 Å². The van der Waals surface area contributed by atoms with Gasteiger partial charge in [0.25, 0.3) is 0 Å². The van der Waals surface area contributed by atoms with Crippen LogP contribution >= 0.6 is 0 Å². The summed E-state index contributed by atoms with van der Waals surface area (Å²) < 4.78 is 11.8. The molecule has 1 aromatic carbocycles. The Morgan fingerprint density at radius 1 is 0.926 bits per heavy atom. The van der Waals surface area contributed by atoms with Crippen molar-refractivity contribution in [2.24, 2.45) is 17.8 Å². The molecular formula is C40H65N5O9. The van der Waals surface area contributed by atoms with Gasteiger partial charge in [0.1, 0.15) is 17.8 Å². The number of nitrogens with one attached hydrogen (secondary N) is 2. The molecule has 1 aliphatic rings. The molecule has 0 aromatic heterocycles. The molecule has 1 aromatic rings. The monoisotopic (exact) mass is 759 g/mol. The highest BCUT2D eigenvalue weighted by Crippen LogP contribution is 2.29. The van der Waals surface area contributed by atoms with Crippen molar-refractivity contribution in [1.82, 2.24) is 25.3 Å². The molecule has 8 atom stereocenters. The molecule has 0 aliphatic carbocycles. The molecule has 54 heavy (non-hydrogen) atoms. The van der Waals surface area contributed by atoms with Gasteiger partial charge >= 0.3 is 5.97 Å². The van der Waals surface area contributed by atoms with E-state index in [0.29, 0.717) is 36.9 Å². The number of likely N-dealkylation sites (tertiary alicyclic amines) is 1. The van der Waals surface area contributed by atoms with Crippen LogP contribution in [0.1, 0.15) is 72.8 Å². The van der Waals surface area contributed by atoms with Crippen molar-refractivity contribution in [3.63, 3.8) is 0 Å². The molecule has 0 radical (unpaired) electrons. The molecule has 1 heterocycles. The second-order valence-electron chi connectivity index (χ2n) is 15.3. The quantitative estimate of drug-likeness (QED) is 0.136. The first kappa shape index (κ1) is 46.1. The molecule has 4 N–H and O–H groups in total. The number of aliphatic carboxylic acids is 1. The third kappa shape index (κ3) is 12.0. The van der Waals surface area contributed by atoms with Crippen molar-refractivity contribution in [2.45, 2.75) is 116 Å². The van der Waals surface area contributed by atoms with Crippen molar-refractivity contribution < 1.29 is 43.7 Å². The molecule has 0 spiro atoms. The van der Waals surface area contributed by atoms with Crippen LogP contribution in [-0.2, 0) is 39.9 Å². The Morgan fingerprint density at radius 3 is 2.02 bits per heavy atom. The summed E-state index contributed by atoms with van der Waals surface area (Å²) in [6, 6.07) is 2.45. The van der Waals surface area contributed by atoms with Gasteiger partial charge in [-0.05, 0) is 62.9 Å². The number of carbonyl (C=O) groups excluding carboxylic acids is 4. The predicted molar refractivity (Wildman–Crippen MR) is 207 cm³/mol. The lowest BCUT2D eigenvalue weighted by Crippen LogP contribution is -2.59. The highest BCUT2D eigenvalue weighted by atomic mass is 16.5. The maximum absolute atomic E-state index is 14.2. The summed E-state index contributed by atoms with van der Waals surface area (Å²) in [5.41, 5.74) is 1.31. The van der Waals surface area contributed by atoms with E-state index in [1.54, 1.807) is 31.0 Å². The van der Waals surface area contributed by atoms with E-state index in [9.17, 15) is 34.2 Å². The van der Waals surface area contributed by atoms with Gasteiger partial charge in [-0.3, -0.25) is 24.1 Å². The minimum absolute atomic E-state index is 0.0121. The summed E-state index contributed by atoms with van der Waals surface area (Å²) in [4.78, 5) is 72.3. The number of rotatable bonds is 21. The fourth-order valence-corrected chi connectivity index (χ4v) is 7.51. The van der Waals surface area contributed by atoms with E-state index < -0.39 is 60.2 Å². The highest BCUT2D eigenvalue weighted by Gasteiger charge is 2.43. The van der Waals surface area contributed by atoms with Gasteiger partial charge in [0.05, 0.1) is 42.7 Å². The maximum atomic E-state index is 14.2. The summed E-state index contributed by atoms with van der Waals surface area (Å²) in [5, 5.41) is 25.1. The predicted octanol–water partition coefficient (Wildman–Crippen LogP) is 3.07. The van der Waals surface area contributed by atoms with Crippen LogP contribution in [0.3, 0.4) is 0 Å². The van der Waals surface area contributed by atoms with Gasteiger partial charge in [-0.2, -0.15) is 0 Å². The van der Waals surface area contributed by atoms with Crippen molar-refractivity contribution in [1.29, 1.82) is 0 Å². The lowest BCUT2D eigenvalue weighted by Gasteiger charge is -2.39. The zero-order valence-electron chi connectivity index (χ0n) is 34.1. The molecule has 1 aliphatic heterocycles. The second kappa shape index (κ2) is 21.2. The number of carboxylic acid groups (broad SMARTS) is 1. The smallest absolute Gasteiger partial charge is 0.326 e. The van der Waals surface area contributed by atoms with Crippen LogP contribution in [0, 0.1) is 17.8 Å². The van der Waals surface area contributed by atoms with E-state index in [0.717, 1.165) is 0 Å². The molecular weight excluding hydrogens is 694 g/mol. The Labute approximate surface area is 321 Å². The van der Waals surface area contributed by atoms with Crippen LogP contribution in [0.4, 0.5) is 0 Å². The number of hydrogen-bond donors (Lipinski definition) is 4. The Morgan fingerprint density at radius 2 is 1.54 bits per heavy atom. The molecule has 2 rings (SSSR count). The average molecular weight is 760 g/mol. The number of amides is 4. The molecule has 1 saturated heterocycles. The fourth-order valence-electron chi connectivity index (χ4n) is 7.51. The minimum Gasteiger partial charge on any atom is -0.508 e. The number of ether oxygens (including phenoxy) is 2. The zero-order valence-corrected chi connectivity index (χ0v) is 34.1. The Balaban J connectivity index is 2.28. The summed E-state index contributed by atoms with van der Waals surface area (Å²) in [6.45, 7) is 15.9. The van der Waals surface area contributed by atoms with Crippen LogP contribution in [0.15, 0.2) is 36.4 Å². The molecule has 14 heteroatoms. The first-order valence-corrected chi connectivity index (χ1v) is 18.9. The van der Waals surface area contributed by atoms with Crippen LogP contribution in [0.5, 0.6) is 5.75 Å². The van der Waals surface area contributed by atoms with E-state index in [4.69, 9.17) is 9.47 Å². The molecule has 4 amide bonds. The summed E-state index contributed by atoms with van der Waals surface area (Å²) in [6.07, 6.45) is 0.167. The number of phenolic OH excluding ortho intramolecular Hbond substituents is 1. The van der Waals surface area contributed by atoms with Crippen LogP contribution < -0.4 is 10.6 Å². The fraction of sp³-hybridized carbons (Fsp3) is 0.675. The number of phenols is 1. The molecule has 0 bridgehead atoms. The SMILES string of the molecule is C=C(CC)[C@@H]([C@@H](CC(=O)N1CCC[C@H]1[C@H](OC)[C@@H](C)C(=O)N[C@@H](Cc1ccc(O)cc1)C(=O)O)OC)N(C)C(=O)[C@@H](NC(=O)[C@H](C(C)C)N(C)C)C(C)C. The molecule has 0 saturated carbocycles. The number of likely N-dealkylation sites (N-methyl/N-ethyl adjacent to an activating group) is 2. The average Bonchev–Trinajstić information content (AvgIpc) is 3.59. The molecule has 14 nitrogen and oxygen atoms in total. The number of nitrogens with zero attached hydrogens (tertiary/aromatic N) is 3. The number of methoxy groups -OCH3 is 2. The number of hydrogen-bond acceptors (Lipinski definition) is 9. The van der Waals surface area contributed by atoms with E-state index in [1.807, 2.05) is 53.6 Å². The summed E-state index contributed by atoms with van der Waals surface area (Å²) >= 11 is 0. The van der Waals surface area contributed by atoms with Gasteiger partial charge in [0, 0.05) is 34.2 Å². The van der Waals surface area contributed by atoms with Gasteiger partial charge in [0.15, 0.2) is 0 Å². The standard InChI is InChI=1S/C40H65N5O9/c1-13-25(6)35(44(10)39(50)33(23(2)3)42-38(49)34(24(4)5)43(8)9)31(53-11)22-32(47)45-20-14-15-30(45)36(54-12)26(7)37(48)41-29(40(51)52)21-27-16-18-28(46)19-17-27/h16-19,23-24,26,29-31,33-36,46H,6,13-15,20-22H2,1-5,7-12H3,(H,41,48)(H,42,49)(H,51,52)/t26-,29+,30+,31-,33+,34+,35+,36-/m1/s1. The Hall–Kier alpha value is -4.01. The first-order chi connectivity index (χ1) is 25.3. The lowest BCUT2D eigenvalue weighted by molar-refractivity contribution is -0.146. The third-order valence-electron chi connectivity index (χ3n) is 10.5. The van der Waals surface area contributed by atoms with Crippen LogP contribution in [0.25, 0.3) is 0 Å². The molecule has 304 valence electrons. The highest BCUT2D eigenvalue weighted by molar-refractivity contribution is 5.90. The number of aromatic hydroxyl groups is 1. The van der Waals surface area contributed by atoms with Gasteiger partial charge in [0.2, 0.25) is 23.6 Å². The normalized spacial score (nSPS) is 18.4. The van der Waals surface area contributed by atoms with E-state index in [2.05, 4.69) is 17.2 Å². The Bertz CT molecular complexity index is 1420. The number of carboxylic acids is 1. The zero-order chi connectivity index (χ0) is 41.0. The van der Waals surface area contributed by atoms with E-state index in [1.165, 1.54) is 31.3 Å². The maximum Gasteiger partial charge on any atom is 0.326 e. The second-order valence-corrected chi connectivity index (χ2v) is 15.3. The topological polar surface area (TPSA) is 178 Å². The van der Waals surface area contributed by atoms with Gasteiger partial charge in [-0.1, -0.05) is 65.8 Å². The van der Waals surface area contributed by atoms with Crippen molar-refractivity contribution in [2.75, 3.05) is 41.9 Å².